The molecule has 1 aliphatic rings. The Morgan fingerprint density at radius 2 is 2.28 bits per heavy atom. The van der Waals surface area contributed by atoms with E-state index in [4.69, 9.17) is 4.74 Å². The van der Waals surface area contributed by atoms with Crippen LogP contribution in [0, 0.1) is 0 Å². The van der Waals surface area contributed by atoms with E-state index in [1.165, 1.54) is 12.7 Å². The molecule has 1 heterocycles. The lowest BCUT2D eigenvalue weighted by atomic mass is 10.2. The first-order valence-corrected chi connectivity index (χ1v) is 6.23. The monoisotopic (exact) mass is 249 g/mol. The summed E-state index contributed by atoms with van der Waals surface area (Å²) in [5, 5.41) is 0. The molecule has 0 bridgehead atoms. The number of benzene rings is 1. The number of carbonyl (C=O) groups excluding carboxylic acids is 1. The number of hydrogen-bond acceptors (Lipinski definition) is 4. The van der Waals surface area contributed by atoms with Gasteiger partial charge >= 0.3 is 5.97 Å². The molecule has 0 saturated heterocycles. The first-order chi connectivity index (χ1) is 8.69. The number of para-hydroxylation sites is 1. The zero-order valence-electron chi connectivity index (χ0n) is 10.9. The van der Waals surface area contributed by atoms with Crippen molar-refractivity contribution in [1.29, 1.82) is 0 Å². The van der Waals surface area contributed by atoms with Gasteiger partial charge in [-0.3, -0.25) is 9.69 Å². The van der Waals surface area contributed by atoms with E-state index in [1.54, 1.807) is 0 Å². The van der Waals surface area contributed by atoms with Crippen molar-refractivity contribution < 1.29 is 14.3 Å². The lowest BCUT2D eigenvalue weighted by Gasteiger charge is -2.21. The van der Waals surface area contributed by atoms with E-state index in [1.807, 2.05) is 25.1 Å². The summed E-state index contributed by atoms with van der Waals surface area (Å²) >= 11 is 0. The summed E-state index contributed by atoms with van der Waals surface area (Å²) in [4.78, 5) is 13.4. The topological polar surface area (TPSA) is 38.8 Å². The maximum atomic E-state index is 11.2. The molecule has 1 aromatic rings. The highest BCUT2D eigenvalue weighted by atomic mass is 16.5. The summed E-state index contributed by atoms with van der Waals surface area (Å²) in [6.45, 7) is 4.39. The molecular weight excluding hydrogens is 230 g/mol. The number of nitrogens with zero attached hydrogens (tertiary/aromatic N) is 1. The van der Waals surface area contributed by atoms with Crippen molar-refractivity contribution in [1.82, 2.24) is 4.90 Å². The number of fused-ring (bicyclic) bond motifs is 1. The lowest BCUT2D eigenvalue weighted by molar-refractivity contribution is -0.141. The average molecular weight is 249 g/mol. The number of methoxy groups -OCH3 is 1. The maximum absolute atomic E-state index is 11.2. The number of ether oxygens (including phenoxy) is 2. The van der Waals surface area contributed by atoms with Crippen LogP contribution in [0.15, 0.2) is 24.3 Å². The van der Waals surface area contributed by atoms with Crippen molar-refractivity contribution in [2.75, 3.05) is 20.2 Å². The second-order valence-electron chi connectivity index (χ2n) is 4.60. The number of carbonyl (C=O) groups is 1. The minimum absolute atomic E-state index is 0.131. The zero-order valence-corrected chi connectivity index (χ0v) is 10.9. The van der Waals surface area contributed by atoms with Gasteiger partial charge in [0.15, 0.2) is 0 Å². The molecule has 1 aromatic carbocycles. The molecule has 0 radical (unpaired) electrons. The normalized spacial score (nSPS) is 19.6. The van der Waals surface area contributed by atoms with Crippen molar-refractivity contribution in [3.05, 3.63) is 29.8 Å². The minimum atomic E-state index is -0.166. The molecule has 2 rings (SSSR count). The Morgan fingerprint density at radius 3 is 3.06 bits per heavy atom. The second kappa shape index (κ2) is 5.87. The van der Waals surface area contributed by atoms with Crippen LogP contribution in [-0.2, 0) is 16.1 Å². The van der Waals surface area contributed by atoms with Gasteiger partial charge in [0.2, 0.25) is 0 Å². The maximum Gasteiger partial charge on any atom is 0.306 e. The molecule has 4 heteroatoms. The fraction of sp³-hybridized carbons (Fsp3) is 0.500. The third kappa shape index (κ3) is 3.23. The van der Waals surface area contributed by atoms with Crippen LogP contribution in [-0.4, -0.2) is 37.2 Å². The fourth-order valence-corrected chi connectivity index (χ4v) is 2.19. The average Bonchev–Trinajstić information content (AvgIpc) is 2.53. The van der Waals surface area contributed by atoms with Crippen LogP contribution in [0.4, 0.5) is 0 Å². The van der Waals surface area contributed by atoms with Crippen LogP contribution < -0.4 is 4.74 Å². The van der Waals surface area contributed by atoms with Gasteiger partial charge in [0, 0.05) is 25.2 Å². The molecule has 0 amide bonds. The molecule has 1 aliphatic heterocycles. The third-order valence-corrected chi connectivity index (χ3v) is 3.07. The molecule has 1 unspecified atom stereocenters. The van der Waals surface area contributed by atoms with Gasteiger partial charge in [0.1, 0.15) is 11.9 Å². The van der Waals surface area contributed by atoms with Crippen LogP contribution in [0.1, 0.15) is 18.9 Å². The number of rotatable bonds is 3. The summed E-state index contributed by atoms with van der Waals surface area (Å²) in [5.74, 6) is 0.784. The van der Waals surface area contributed by atoms with Gasteiger partial charge in [-0.05, 0) is 13.0 Å². The van der Waals surface area contributed by atoms with Gasteiger partial charge < -0.3 is 9.47 Å². The van der Waals surface area contributed by atoms with Gasteiger partial charge in [-0.1, -0.05) is 18.2 Å². The van der Waals surface area contributed by atoms with Crippen molar-refractivity contribution in [2.24, 2.45) is 0 Å². The van der Waals surface area contributed by atoms with Crippen LogP contribution in [0.2, 0.25) is 0 Å². The molecule has 0 N–H and O–H groups in total. The van der Waals surface area contributed by atoms with Gasteiger partial charge in [0.05, 0.1) is 13.5 Å². The van der Waals surface area contributed by atoms with E-state index in [-0.39, 0.29) is 12.1 Å². The largest absolute Gasteiger partial charge is 0.489 e. The first kappa shape index (κ1) is 12.9. The lowest BCUT2D eigenvalue weighted by Crippen LogP contribution is -2.32. The molecule has 1 atom stereocenters. The molecule has 0 saturated carbocycles. The Morgan fingerprint density at radius 1 is 1.50 bits per heavy atom. The zero-order chi connectivity index (χ0) is 13.0. The van der Waals surface area contributed by atoms with Crippen LogP contribution in [0.3, 0.4) is 0 Å². The van der Waals surface area contributed by atoms with E-state index in [9.17, 15) is 4.79 Å². The number of hydrogen-bond donors (Lipinski definition) is 0. The second-order valence-corrected chi connectivity index (χ2v) is 4.60. The van der Waals surface area contributed by atoms with Gasteiger partial charge in [-0.2, -0.15) is 0 Å². The fourth-order valence-electron chi connectivity index (χ4n) is 2.19. The van der Waals surface area contributed by atoms with Gasteiger partial charge in [-0.25, -0.2) is 0 Å². The SMILES string of the molecule is COC(=O)CCN1Cc2ccccc2OC(C)C1. The Bertz CT molecular complexity index is 419. The van der Waals surface area contributed by atoms with Crippen molar-refractivity contribution in [3.63, 3.8) is 0 Å². The molecular formula is C14H19NO3. The van der Waals surface area contributed by atoms with Gasteiger partial charge in [-0.15, -0.1) is 0 Å². The van der Waals surface area contributed by atoms with E-state index < -0.39 is 0 Å². The Balaban J connectivity index is 2.03. The highest BCUT2D eigenvalue weighted by Gasteiger charge is 2.20. The summed E-state index contributed by atoms with van der Waals surface area (Å²) in [5.41, 5.74) is 1.17. The molecule has 0 aliphatic carbocycles. The Kier molecular flexibility index (Phi) is 4.20. The highest BCUT2D eigenvalue weighted by Crippen LogP contribution is 2.24. The first-order valence-electron chi connectivity index (χ1n) is 6.23. The van der Waals surface area contributed by atoms with Crippen molar-refractivity contribution >= 4 is 5.97 Å². The van der Waals surface area contributed by atoms with E-state index in [0.29, 0.717) is 13.0 Å². The Hall–Kier alpha value is -1.55. The third-order valence-electron chi connectivity index (χ3n) is 3.07. The van der Waals surface area contributed by atoms with Crippen LogP contribution >= 0.6 is 0 Å². The van der Waals surface area contributed by atoms with Gasteiger partial charge in [0.25, 0.3) is 0 Å². The predicted octanol–water partition coefficient (Wildman–Crippen LogP) is 1.83. The summed E-state index contributed by atoms with van der Waals surface area (Å²) in [6, 6.07) is 8.06. The smallest absolute Gasteiger partial charge is 0.306 e. The molecule has 4 nitrogen and oxygen atoms in total. The standard InChI is InChI=1S/C14H19NO3/c1-11-9-15(8-7-14(16)17-2)10-12-5-3-4-6-13(12)18-11/h3-6,11H,7-10H2,1-2H3. The summed E-state index contributed by atoms with van der Waals surface area (Å²) in [7, 11) is 1.42. The molecule has 0 fully saturated rings. The van der Waals surface area contributed by atoms with Crippen molar-refractivity contribution in [3.8, 4) is 5.75 Å². The van der Waals surface area contributed by atoms with E-state index in [0.717, 1.165) is 18.8 Å². The van der Waals surface area contributed by atoms with Crippen LogP contribution in [0.25, 0.3) is 0 Å². The Labute approximate surface area is 107 Å². The molecule has 98 valence electrons. The molecule has 18 heavy (non-hydrogen) atoms. The predicted molar refractivity (Wildman–Crippen MR) is 68.4 cm³/mol. The van der Waals surface area contributed by atoms with E-state index >= 15 is 0 Å². The summed E-state index contributed by atoms with van der Waals surface area (Å²) in [6.07, 6.45) is 0.553. The van der Waals surface area contributed by atoms with Crippen molar-refractivity contribution in [2.45, 2.75) is 26.0 Å². The summed E-state index contributed by atoms with van der Waals surface area (Å²) < 4.78 is 10.5. The number of esters is 1. The minimum Gasteiger partial charge on any atom is -0.489 e. The highest BCUT2D eigenvalue weighted by molar-refractivity contribution is 5.69. The quantitative estimate of drug-likeness (QED) is 0.766. The van der Waals surface area contributed by atoms with Crippen LogP contribution in [0.5, 0.6) is 5.75 Å². The molecule has 0 spiro atoms. The van der Waals surface area contributed by atoms with E-state index in [2.05, 4.69) is 15.7 Å². The molecule has 0 aromatic heterocycles.